The molecule has 0 aliphatic rings. The zero-order valence-electron chi connectivity index (χ0n) is 14.3. The summed E-state index contributed by atoms with van der Waals surface area (Å²) in [6.07, 6.45) is -6.06. The largest absolute Gasteiger partial charge is 1.00 e. The summed E-state index contributed by atoms with van der Waals surface area (Å²) in [7, 11) is 0. The first-order valence-electron chi connectivity index (χ1n) is 6.26. The van der Waals surface area contributed by atoms with Crippen molar-refractivity contribution in [2.24, 2.45) is 0 Å². The van der Waals surface area contributed by atoms with Gasteiger partial charge in [-0.25, -0.2) is 4.79 Å². The van der Waals surface area contributed by atoms with E-state index in [-0.39, 0.29) is 59.1 Å². The summed E-state index contributed by atoms with van der Waals surface area (Å²) in [6, 6.07) is 0. The number of carbonyl (C=O) groups excluding carboxylic acids is 4. The molecule has 0 aromatic rings. The molecule has 0 bridgehead atoms. The SMILES string of the molecule is O=C([O-])CC(O)(CC(=O)OC(=O)CC(O)(CC(=O)O)C(=O)O)C(=O)[O-].[Na+].[Na+]. The van der Waals surface area contributed by atoms with Gasteiger partial charge < -0.3 is 45.0 Å². The van der Waals surface area contributed by atoms with E-state index in [1.165, 1.54) is 0 Å². The van der Waals surface area contributed by atoms with Gasteiger partial charge in [0.25, 0.3) is 0 Å². The predicted molar refractivity (Wildman–Crippen MR) is 64.8 cm³/mol. The van der Waals surface area contributed by atoms with E-state index in [0.717, 1.165) is 0 Å². The van der Waals surface area contributed by atoms with Crippen LogP contribution in [0.1, 0.15) is 25.7 Å². The topological polar surface area (TPSA) is 239 Å². The Morgan fingerprint density at radius 1 is 0.741 bits per heavy atom. The molecule has 0 fully saturated rings. The molecule has 13 nitrogen and oxygen atoms in total. The first-order valence-corrected chi connectivity index (χ1v) is 6.26. The zero-order valence-corrected chi connectivity index (χ0v) is 18.3. The van der Waals surface area contributed by atoms with E-state index in [0.29, 0.717) is 0 Å². The van der Waals surface area contributed by atoms with Gasteiger partial charge in [0, 0.05) is 12.4 Å². The second-order valence-electron chi connectivity index (χ2n) is 4.97. The molecule has 0 saturated carbocycles. The summed E-state index contributed by atoms with van der Waals surface area (Å²) in [6.45, 7) is 0. The van der Waals surface area contributed by atoms with E-state index in [2.05, 4.69) is 4.74 Å². The standard InChI is InChI=1S/C12H14O13.2Na/c13-5(14)1-11(23,9(19)20)3-7(17)25-8(18)4-12(24,10(21)22)2-6(15)16;;/h23-24H,1-4H2,(H,13,14)(H,15,16)(H,19,20)(H,21,22);;/q;2*+1/p-2. The van der Waals surface area contributed by atoms with Gasteiger partial charge in [-0.15, -0.1) is 0 Å². The second-order valence-corrected chi connectivity index (χ2v) is 4.97. The summed E-state index contributed by atoms with van der Waals surface area (Å²) in [4.78, 5) is 65.1. The molecule has 2 atom stereocenters. The average molecular weight is 410 g/mol. The third kappa shape index (κ3) is 10.8. The van der Waals surface area contributed by atoms with Crippen molar-refractivity contribution >= 4 is 35.8 Å². The Morgan fingerprint density at radius 3 is 1.44 bits per heavy atom. The number of esters is 2. The van der Waals surface area contributed by atoms with E-state index < -0.39 is 72.7 Å². The molecule has 0 aliphatic carbocycles. The summed E-state index contributed by atoms with van der Waals surface area (Å²) < 4.78 is 3.95. The smallest absolute Gasteiger partial charge is 0.550 e. The summed E-state index contributed by atoms with van der Waals surface area (Å²) in [5.41, 5.74) is -6.38. The predicted octanol–water partition coefficient (Wildman–Crippen LogP) is -11.2. The minimum atomic E-state index is -3.26. The maximum atomic E-state index is 11.4. The van der Waals surface area contributed by atoms with Crippen LogP contribution in [0.2, 0.25) is 0 Å². The third-order valence-electron chi connectivity index (χ3n) is 2.76. The van der Waals surface area contributed by atoms with Crippen molar-refractivity contribution in [3.8, 4) is 0 Å². The molecule has 4 N–H and O–H groups in total. The van der Waals surface area contributed by atoms with Crippen molar-refractivity contribution in [3.63, 3.8) is 0 Å². The fourth-order valence-electron chi connectivity index (χ4n) is 1.59. The Hall–Kier alpha value is -1.06. The van der Waals surface area contributed by atoms with Crippen LogP contribution in [0.4, 0.5) is 0 Å². The van der Waals surface area contributed by atoms with Gasteiger partial charge in [-0.1, -0.05) is 0 Å². The minimum absolute atomic E-state index is 0. The normalized spacial score (nSPS) is 14.1. The van der Waals surface area contributed by atoms with Gasteiger partial charge >= 0.3 is 83.0 Å². The Morgan fingerprint density at radius 2 is 1.15 bits per heavy atom. The van der Waals surface area contributed by atoms with E-state index in [9.17, 15) is 49.2 Å². The van der Waals surface area contributed by atoms with Crippen LogP contribution in [-0.4, -0.2) is 67.4 Å². The van der Waals surface area contributed by atoms with Gasteiger partial charge in [0.2, 0.25) is 0 Å². The van der Waals surface area contributed by atoms with Crippen LogP contribution in [0.25, 0.3) is 0 Å². The van der Waals surface area contributed by atoms with Crippen LogP contribution < -0.4 is 69.3 Å². The van der Waals surface area contributed by atoms with Gasteiger partial charge in [-0.05, 0) is 0 Å². The van der Waals surface area contributed by atoms with E-state index in [1.807, 2.05) is 0 Å². The molecule has 0 heterocycles. The molecule has 0 amide bonds. The monoisotopic (exact) mass is 410 g/mol. The quantitative estimate of drug-likeness (QED) is 0.149. The molecule has 0 saturated heterocycles. The number of rotatable bonds is 10. The number of hydrogen-bond acceptors (Lipinski definition) is 11. The Labute approximate surface area is 194 Å². The van der Waals surface area contributed by atoms with Crippen LogP contribution in [0.5, 0.6) is 0 Å². The molecule has 2 unspecified atom stereocenters. The average Bonchev–Trinajstić information content (AvgIpc) is 2.34. The fourth-order valence-corrected chi connectivity index (χ4v) is 1.59. The zero-order chi connectivity index (χ0) is 20.0. The first-order chi connectivity index (χ1) is 11.2. The number of carboxylic acid groups (broad SMARTS) is 4. The van der Waals surface area contributed by atoms with Crippen LogP contribution in [0.15, 0.2) is 0 Å². The summed E-state index contributed by atoms with van der Waals surface area (Å²) in [5.74, 6) is -11.9. The third-order valence-corrected chi connectivity index (χ3v) is 2.76. The number of hydrogen-bond donors (Lipinski definition) is 4. The van der Waals surface area contributed by atoms with Gasteiger partial charge in [0.1, 0.15) is 5.60 Å². The first kappa shape index (κ1) is 30.7. The van der Waals surface area contributed by atoms with Crippen molar-refractivity contribution in [2.45, 2.75) is 36.9 Å². The van der Waals surface area contributed by atoms with Gasteiger partial charge in [-0.3, -0.25) is 14.4 Å². The Kier molecular flexibility index (Phi) is 14.1. The summed E-state index contributed by atoms with van der Waals surface area (Å²) >= 11 is 0. The number of aliphatic carboxylic acids is 4. The molecule has 0 rings (SSSR count). The minimum Gasteiger partial charge on any atom is -0.550 e. The Bertz CT molecular complexity index is 566. The molecule has 0 spiro atoms. The van der Waals surface area contributed by atoms with Crippen LogP contribution in [0.3, 0.4) is 0 Å². The number of aliphatic hydroxyl groups is 2. The van der Waals surface area contributed by atoms with Crippen LogP contribution >= 0.6 is 0 Å². The summed E-state index contributed by atoms with van der Waals surface area (Å²) in [5, 5.41) is 57.3. The number of carboxylic acids is 4. The molecule has 0 aromatic heterocycles. The van der Waals surface area contributed by atoms with Gasteiger partial charge in [0.05, 0.1) is 25.2 Å². The van der Waals surface area contributed by atoms with Crippen molar-refractivity contribution in [1.82, 2.24) is 0 Å². The van der Waals surface area contributed by atoms with Crippen molar-refractivity contribution < 1.29 is 123 Å². The van der Waals surface area contributed by atoms with E-state index in [1.54, 1.807) is 0 Å². The molecule has 140 valence electrons. The van der Waals surface area contributed by atoms with Crippen LogP contribution in [0, 0.1) is 0 Å². The molecule has 0 radical (unpaired) electrons. The Balaban J connectivity index is -0.00000288. The molecular weight excluding hydrogens is 398 g/mol. The maximum Gasteiger partial charge on any atom is 1.00 e. The van der Waals surface area contributed by atoms with Crippen molar-refractivity contribution in [3.05, 3.63) is 0 Å². The fraction of sp³-hybridized carbons (Fsp3) is 0.500. The molecule has 0 aromatic carbocycles. The number of carbonyl (C=O) groups is 6. The van der Waals surface area contributed by atoms with Crippen molar-refractivity contribution in [1.29, 1.82) is 0 Å². The number of ether oxygens (including phenoxy) is 1. The van der Waals surface area contributed by atoms with Gasteiger partial charge in [0.15, 0.2) is 5.60 Å². The van der Waals surface area contributed by atoms with Gasteiger partial charge in [-0.2, -0.15) is 0 Å². The molecule has 27 heavy (non-hydrogen) atoms. The molecule has 0 aliphatic heterocycles. The second kappa shape index (κ2) is 12.4. The van der Waals surface area contributed by atoms with Crippen molar-refractivity contribution in [2.75, 3.05) is 0 Å². The molecular formula is C12H12Na2O13. The molecule has 15 heteroatoms. The van der Waals surface area contributed by atoms with E-state index in [4.69, 9.17) is 10.2 Å². The van der Waals surface area contributed by atoms with E-state index >= 15 is 0 Å². The maximum absolute atomic E-state index is 11.4. The van der Waals surface area contributed by atoms with Crippen LogP contribution in [-0.2, 0) is 33.5 Å².